The third-order valence-electron chi connectivity index (χ3n) is 16.2. The van der Waals surface area contributed by atoms with E-state index in [0.717, 1.165) is 69.1 Å². The summed E-state index contributed by atoms with van der Waals surface area (Å²) < 4.78 is 6.15. The fourth-order valence-electron chi connectivity index (χ4n) is 13.3. The van der Waals surface area contributed by atoms with E-state index in [4.69, 9.17) is 4.74 Å². The van der Waals surface area contributed by atoms with Crippen molar-refractivity contribution in [2.45, 2.75) is 139 Å². The molecule has 6 rings (SSSR count). The number of hydrogen-bond acceptors (Lipinski definition) is 6. The zero-order chi connectivity index (χ0) is 37.5. The Morgan fingerprint density at radius 3 is 2.24 bits per heavy atom. The quantitative estimate of drug-likeness (QED) is 0.171. The van der Waals surface area contributed by atoms with Gasteiger partial charge in [0.2, 0.25) is 5.91 Å². The highest BCUT2D eigenvalue weighted by Crippen LogP contribution is 2.77. The van der Waals surface area contributed by atoms with Gasteiger partial charge in [0.25, 0.3) is 0 Å². The molecule has 0 spiro atoms. The van der Waals surface area contributed by atoms with Crippen molar-refractivity contribution in [1.29, 1.82) is 0 Å². The molecule has 5 saturated carbocycles. The molecule has 4 unspecified atom stereocenters. The summed E-state index contributed by atoms with van der Waals surface area (Å²) in [5, 5.41) is 22.3. The van der Waals surface area contributed by atoms with Crippen LogP contribution >= 0.6 is 11.3 Å². The lowest BCUT2D eigenvalue weighted by Gasteiger charge is -2.72. The first-order valence-electron chi connectivity index (χ1n) is 19.3. The van der Waals surface area contributed by atoms with Gasteiger partial charge in [0, 0.05) is 10.3 Å². The molecule has 282 valence electrons. The zero-order valence-corrected chi connectivity index (χ0v) is 33.0. The Bertz CT molecular complexity index is 1610. The van der Waals surface area contributed by atoms with Crippen LogP contribution in [0.1, 0.15) is 141 Å². The number of carboxylic acids is 2. The smallest absolute Gasteiger partial charge is 0.345 e. The average Bonchev–Trinajstić information content (AvgIpc) is 3.68. The molecule has 8 nitrogen and oxygen atoms in total. The number of aromatic carboxylic acids is 1. The van der Waals surface area contributed by atoms with Crippen molar-refractivity contribution in [3.05, 3.63) is 34.0 Å². The maximum Gasteiger partial charge on any atom is 0.345 e. The minimum Gasteiger partial charge on any atom is -0.481 e. The molecule has 9 heteroatoms. The van der Waals surface area contributed by atoms with Gasteiger partial charge in [-0.25, -0.2) is 4.79 Å². The number of ether oxygens (including phenoxy) is 1. The van der Waals surface area contributed by atoms with Crippen LogP contribution in [0.3, 0.4) is 0 Å². The van der Waals surface area contributed by atoms with Crippen LogP contribution in [0.4, 0.5) is 0 Å². The Balaban J connectivity index is 1.24. The van der Waals surface area contributed by atoms with Gasteiger partial charge in [0.15, 0.2) is 0 Å². The van der Waals surface area contributed by atoms with E-state index in [2.05, 4.69) is 53.4 Å². The van der Waals surface area contributed by atoms with Crippen molar-refractivity contribution in [3.63, 3.8) is 0 Å². The van der Waals surface area contributed by atoms with Gasteiger partial charge in [0.1, 0.15) is 11.0 Å². The highest BCUT2D eigenvalue weighted by molar-refractivity contribution is 7.13. The summed E-state index contributed by atoms with van der Waals surface area (Å²) in [6, 6.07) is 3.43. The molecule has 5 aliphatic carbocycles. The Labute approximate surface area is 308 Å². The Morgan fingerprint density at radius 2 is 1.61 bits per heavy atom. The summed E-state index contributed by atoms with van der Waals surface area (Å²) in [6.07, 6.45) is 9.53. The summed E-state index contributed by atoms with van der Waals surface area (Å²) >= 11 is 1.23. The highest BCUT2D eigenvalue weighted by Gasteiger charge is 2.72. The summed E-state index contributed by atoms with van der Waals surface area (Å²) in [4.78, 5) is 51.8. The Kier molecular flexibility index (Phi) is 9.50. The van der Waals surface area contributed by atoms with Crippen molar-refractivity contribution >= 4 is 35.2 Å². The summed E-state index contributed by atoms with van der Waals surface area (Å²) in [6.45, 7) is 22.3. The molecule has 5 fully saturated rings. The highest BCUT2D eigenvalue weighted by atomic mass is 32.1. The second-order valence-electron chi connectivity index (χ2n) is 19.3. The molecule has 5 aliphatic rings. The predicted octanol–water partition coefficient (Wildman–Crippen LogP) is 9.13. The number of allylic oxidation sites excluding steroid dienone is 1. The van der Waals surface area contributed by atoms with E-state index >= 15 is 0 Å². The van der Waals surface area contributed by atoms with Crippen molar-refractivity contribution in [2.75, 3.05) is 0 Å². The Hall–Kier alpha value is -2.68. The zero-order valence-electron chi connectivity index (χ0n) is 32.2. The van der Waals surface area contributed by atoms with E-state index in [0.29, 0.717) is 30.2 Å². The minimum atomic E-state index is -1.16. The van der Waals surface area contributed by atoms with Gasteiger partial charge in [-0.3, -0.25) is 14.4 Å². The van der Waals surface area contributed by atoms with Crippen LogP contribution in [0.2, 0.25) is 0 Å². The largest absolute Gasteiger partial charge is 0.481 e. The monoisotopic (exact) mass is 723 g/mol. The van der Waals surface area contributed by atoms with E-state index in [1.54, 1.807) is 19.9 Å². The van der Waals surface area contributed by atoms with Gasteiger partial charge in [-0.15, -0.1) is 11.3 Å². The summed E-state index contributed by atoms with van der Waals surface area (Å²) in [5.74, 6) is -0.376. The van der Waals surface area contributed by atoms with Gasteiger partial charge in [-0.05, 0) is 143 Å². The molecule has 0 aliphatic heterocycles. The van der Waals surface area contributed by atoms with E-state index in [1.165, 1.54) is 16.9 Å². The summed E-state index contributed by atoms with van der Waals surface area (Å²) in [5.41, 5.74) is -0.408. The molecule has 51 heavy (non-hydrogen) atoms. The number of aliphatic carboxylic acids is 1. The van der Waals surface area contributed by atoms with Crippen LogP contribution in [0, 0.1) is 62.1 Å². The molecule has 1 heterocycles. The second kappa shape index (κ2) is 12.7. The molecule has 0 bridgehead atoms. The number of amides is 1. The standard InChI is InChI=1S/C42H61NO7S/c1-24(2)26-14-19-42(35(47)43-23-25-10-12-28(51-25)34(45)46)21-20-40(8)27(33(26)42)11-13-30-39(7)17-16-31(50-32(44)22-37(3,4)36(48)49)38(5,6)29(39)15-18-41(30,40)9/h10,12,26-27,29-31,33H,1,11,13-23H2,2-9H3,(H,43,47)(H,45,46)(H,48,49)/t26-,27?,29?,30?,31-,33?,39-,40+,41+,42-/m0/s1. The predicted molar refractivity (Wildman–Crippen MR) is 198 cm³/mol. The van der Waals surface area contributed by atoms with Gasteiger partial charge >= 0.3 is 17.9 Å². The maximum atomic E-state index is 14.4. The molecule has 1 aromatic rings. The van der Waals surface area contributed by atoms with Gasteiger partial charge in [-0.2, -0.15) is 0 Å². The number of thiophene rings is 1. The maximum absolute atomic E-state index is 14.4. The van der Waals surface area contributed by atoms with Crippen LogP contribution in [-0.2, 0) is 25.7 Å². The first kappa shape index (κ1) is 38.1. The average molecular weight is 724 g/mol. The van der Waals surface area contributed by atoms with Crippen LogP contribution in [0.15, 0.2) is 24.3 Å². The fraction of sp³-hybridized carbons (Fsp3) is 0.762. The molecule has 1 amide bonds. The van der Waals surface area contributed by atoms with Crippen molar-refractivity contribution in [2.24, 2.45) is 62.1 Å². The van der Waals surface area contributed by atoms with Gasteiger partial charge in [0.05, 0.1) is 23.8 Å². The number of carboxylic acid groups (broad SMARTS) is 2. The molecule has 0 saturated heterocycles. The van der Waals surface area contributed by atoms with E-state index in [-0.39, 0.29) is 50.9 Å². The van der Waals surface area contributed by atoms with Crippen molar-refractivity contribution in [3.8, 4) is 0 Å². The van der Waals surface area contributed by atoms with Crippen LogP contribution in [0.5, 0.6) is 0 Å². The first-order valence-corrected chi connectivity index (χ1v) is 20.1. The number of carbonyl (C=O) groups excluding carboxylic acids is 2. The molecular weight excluding hydrogens is 663 g/mol. The SMILES string of the molecule is C=C(C)[C@@H]1CC[C@]2(C(=O)NCc3ccc(C(=O)O)s3)CC[C@]3(C)C(CCC4[C@@]5(C)CC[C@H](OC(=O)CC(C)(C)C(=O)O)C(C)(C)C5CC[C@]43C)C12. The minimum absolute atomic E-state index is 0.0659. The fourth-order valence-corrected chi connectivity index (χ4v) is 14.1. The Morgan fingerprint density at radius 1 is 0.902 bits per heavy atom. The van der Waals surface area contributed by atoms with E-state index in [1.807, 2.05) is 6.07 Å². The second-order valence-corrected chi connectivity index (χ2v) is 20.5. The third kappa shape index (κ3) is 5.81. The molecular formula is C42H61NO7S. The molecule has 0 aromatic carbocycles. The number of fused-ring (bicyclic) bond motifs is 7. The molecule has 1 aromatic heterocycles. The van der Waals surface area contributed by atoms with Crippen LogP contribution < -0.4 is 5.32 Å². The van der Waals surface area contributed by atoms with Crippen molar-refractivity contribution < 1.29 is 34.1 Å². The number of nitrogens with one attached hydrogen (secondary N) is 1. The van der Waals surface area contributed by atoms with E-state index < -0.39 is 28.7 Å². The first-order chi connectivity index (χ1) is 23.6. The topological polar surface area (TPSA) is 130 Å². The lowest BCUT2D eigenvalue weighted by atomic mass is 9.32. The lowest BCUT2D eigenvalue weighted by Crippen LogP contribution is -2.67. The number of esters is 1. The van der Waals surface area contributed by atoms with Gasteiger partial charge < -0.3 is 20.3 Å². The third-order valence-corrected chi connectivity index (χ3v) is 17.3. The number of hydrogen-bond donors (Lipinski definition) is 3. The number of rotatable bonds is 9. The number of carbonyl (C=O) groups is 4. The molecule has 3 N–H and O–H groups in total. The van der Waals surface area contributed by atoms with Crippen molar-refractivity contribution in [1.82, 2.24) is 5.32 Å². The molecule has 10 atom stereocenters. The molecule has 0 radical (unpaired) electrons. The summed E-state index contributed by atoms with van der Waals surface area (Å²) in [7, 11) is 0. The van der Waals surface area contributed by atoms with Gasteiger partial charge in [-0.1, -0.05) is 46.8 Å². The normalized spacial score (nSPS) is 39.8. The lowest BCUT2D eigenvalue weighted by molar-refractivity contribution is -0.249. The van der Waals surface area contributed by atoms with Crippen LogP contribution in [0.25, 0.3) is 0 Å². The van der Waals surface area contributed by atoms with E-state index in [9.17, 15) is 29.4 Å². The van der Waals surface area contributed by atoms with Crippen LogP contribution in [-0.4, -0.2) is 40.1 Å².